The van der Waals surface area contributed by atoms with Gasteiger partial charge < -0.3 is 10.1 Å². The summed E-state index contributed by atoms with van der Waals surface area (Å²) in [6, 6.07) is 2.59. The highest BCUT2D eigenvalue weighted by Crippen LogP contribution is 2.21. The number of nitrogens with one attached hydrogen (secondary N) is 1. The van der Waals surface area contributed by atoms with Gasteiger partial charge >= 0.3 is 0 Å². The molecular formula is C14H24BrNOS. The number of hydrogen-bond acceptors (Lipinski definition) is 3. The average molecular weight is 334 g/mol. The second kappa shape index (κ2) is 7.63. The monoisotopic (exact) mass is 333 g/mol. The fraction of sp³-hybridized carbons (Fsp3) is 0.714. The molecule has 0 bridgehead atoms. The van der Waals surface area contributed by atoms with Crippen molar-refractivity contribution in [2.75, 3.05) is 13.2 Å². The van der Waals surface area contributed by atoms with E-state index in [2.05, 4.69) is 60.4 Å². The van der Waals surface area contributed by atoms with Gasteiger partial charge in [-0.05, 0) is 62.2 Å². The minimum atomic E-state index is -0.0673. The third-order valence-corrected chi connectivity index (χ3v) is 4.19. The SMILES string of the molecule is CCCNC(COC(C)(C)C)Cc1cc(Br)cs1. The number of ether oxygens (including phenoxy) is 1. The van der Waals surface area contributed by atoms with Crippen molar-refractivity contribution in [3.8, 4) is 0 Å². The number of thiophene rings is 1. The van der Waals surface area contributed by atoms with Gasteiger partial charge in [-0.1, -0.05) is 6.92 Å². The van der Waals surface area contributed by atoms with Crippen LogP contribution in [0.2, 0.25) is 0 Å². The van der Waals surface area contributed by atoms with Crippen LogP contribution in [-0.4, -0.2) is 24.8 Å². The molecule has 0 amide bonds. The summed E-state index contributed by atoms with van der Waals surface area (Å²) in [4.78, 5) is 1.40. The third kappa shape index (κ3) is 6.88. The summed E-state index contributed by atoms with van der Waals surface area (Å²) in [7, 11) is 0. The molecule has 0 aliphatic heterocycles. The van der Waals surface area contributed by atoms with E-state index in [0.717, 1.165) is 26.0 Å². The smallest absolute Gasteiger partial charge is 0.0630 e. The van der Waals surface area contributed by atoms with E-state index in [-0.39, 0.29) is 5.60 Å². The first-order valence-electron chi connectivity index (χ1n) is 6.51. The quantitative estimate of drug-likeness (QED) is 0.805. The summed E-state index contributed by atoms with van der Waals surface area (Å²) in [5.74, 6) is 0. The number of hydrogen-bond donors (Lipinski definition) is 1. The first kappa shape index (κ1) is 16.2. The van der Waals surface area contributed by atoms with Crippen LogP contribution >= 0.6 is 27.3 Å². The van der Waals surface area contributed by atoms with Crippen LogP contribution in [0.5, 0.6) is 0 Å². The van der Waals surface area contributed by atoms with E-state index in [9.17, 15) is 0 Å². The first-order chi connectivity index (χ1) is 8.40. The van der Waals surface area contributed by atoms with Gasteiger partial charge in [0.05, 0.1) is 12.2 Å². The maximum absolute atomic E-state index is 5.90. The molecule has 1 aromatic heterocycles. The lowest BCUT2D eigenvalue weighted by atomic mass is 10.1. The highest BCUT2D eigenvalue weighted by Gasteiger charge is 2.16. The Morgan fingerprint density at radius 1 is 1.44 bits per heavy atom. The van der Waals surface area contributed by atoms with Gasteiger partial charge in [0, 0.05) is 20.8 Å². The van der Waals surface area contributed by atoms with E-state index in [4.69, 9.17) is 4.74 Å². The van der Waals surface area contributed by atoms with Crippen LogP contribution in [0.25, 0.3) is 0 Å². The molecule has 4 heteroatoms. The van der Waals surface area contributed by atoms with Crippen LogP contribution < -0.4 is 5.32 Å². The van der Waals surface area contributed by atoms with E-state index in [1.807, 2.05) is 0 Å². The van der Waals surface area contributed by atoms with Gasteiger partial charge in [-0.2, -0.15) is 0 Å². The molecule has 0 aliphatic rings. The molecule has 18 heavy (non-hydrogen) atoms. The van der Waals surface area contributed by atoms with E-state index >= 15 is 0 Å². The van der Waals surface area contributed by atoms with Gasteiger partial charge in [0.2, 0.25) is 0 Å². The summed E-state index contributed by atoms with van der Waals surface area (Å²) < 4.78 is 7.07. The molecule has 2 nitrogen and oxygen atoms in total. The Kier molecular flexibility index (Phi) is 6.85. The number of halogens is 1. The summed E-state index contributed by atoms with van der Waals surface area (Å²) in [5, 5.41) is 5.70. The summed E-state index contributed by atoms with van der Waals surface area (Å²) in [6.07, 6.45) is 2.19. The molecule has 0 saturated heterocycles. The number of rotatable bonds is 7. The molecule has 0 aliphatic carbocycles. The Hall–Kier alpha value is 0.1000. The second-order valence-corrected chi connectivity index (χ2v) is 7.42. The van der Waals surface area contributed by atoms with Gasteiger partial charge in [0.25, 0.3) is 0 Å². The zero-order valence-corrected chi connectivity index (χ0v) is 14.2. The predicted octanol–water partition coefficient (Wildman–Crippen LogP) is 4.24. The highest BCUT2D eigenvalue weighted by molar-refractivity contribution is 9.10. The standard InChI is InChI=1S/C14H24BrNOS/c1-5-6-16-12(9-17-14(2,3)4)8-13-7-11(15)10-18-13/h7,10,12,16H,5-6,8-9H2,1-4H3. The zero-order valence-electron chi connectivity index (χ0n) is 11.8. The molecule has 1 aromatic rings. The van der Waals surface area contributed by atoms with Gasteiger partial charge in [-0.25, -0.2) is 0 Å². The lowest BCUT2D eigenvalue weighted by Gasteiger charge is -2.25. The molecule has 1 N–H and O–H groups in total. The lowest BCUT2D eigenvalue weighted by molar-refractivity contribution is -0.0142. The maximum Gasteiger partial charge on any atom is 0.0630 e. The Morgan fingerprint density at radius 2 is 2.17 bits per heavy atom. The predicted molar refractivity (Wildman–Crippen MR) is 83.5 cm³/mol. The Balaban J connectivity index is 2.49. The van der Waals surface area contributed by atoms with E-state index in [0.29, 0.717) is 6.04 Å². The Bertz CT molecular complexity index is 346. The van der Waals surface area contributed by atoms with Crippen molar-refractivity contribution in [1.82, 2.24) is 5.32 Å². The van der Waals surface area contributed by atoms with Gasteiger partial charge in [0.15, 0.2) is 0 Å². The van der Waals surface area contributed by atoms with Crippen LogP contribution in [0.1, 0.15) is 39.0 Å². The molecule has 0 spiro atoms. The van der Waals surface area contributed by atoms with E-state index in [1.54, 1.807) is 11.3 Å². The Labute approximate surface area is 123 Å². The van der Waals surface area contributed by atoms with Crippen molar-refractivity contribution in [2.24, 2.45) is 0 Å². The molecule has 1 rings (SSSR count). The second-order valence-electron chi connectivity index (χ2n) is 5.51. The molecule has 1 unspecified atom stereocenters. The van der Waals surface area contributed by atoms with Crippen molar-refractivity contribution in [3.05, 3.63) is 20.8 Å². The summed E-state index contributed by atoms with van der Waals surface area (Å²) >= 11 is 5.31. The van der Waals surface area contributed by atoms with Crippen molar-refractivity contribution in [2.45, 2.75) is 52.2 Å². The minimum Gasteiger partial charge on any atom is -0.374 e. The molecule has 104 valence electrons. The van der Waals surface area contributed by atoms with Crippen LogP contribution in [-0.2, 0) is 11.2 Å². The molecule has 0 aromatic carbocycles. The van der Waals surface area contributed by atoms with Crippen molar-refractivity contribution < 1.29 is 4.74 Å². The van der Waals surface area contributed by atoms with Crippen molar-refractivity contribution in [1.29, 1.82) is 0 Å². The first-order valence-corrected chi connectivity index (χ1v) is 8.18. The van der Waals surface area contributed by atoms with Gasteiger partial charge in [-0.3, -0.25) is 0 Å². The summed E-state index contributed by atoms with van der Waals surface area (Å²) in [6.45, 7) is 10.3. The normalized spacial score (nSPS) is 13.8. The molecular weight excluding hydrogens is 310 g/mol. The van der Waals surface area contributed by atoms with Gasteiger partial charge in [-0.15, -0.1) is 11.3 Å². The van der Waals surface area contributed by atoms with Crippen molar-refractivity contribution in [3.63, 3.8) is 0 Å². The third-order valence-electron chi connectivity index (χ3n) is 2.47. The Morgan fingerprint density at radius 3 is 2.67 bits per heavy atom. The van der Waals surface area contributed by atoms with Gasteiger partial charge in [0.1, 0.15) is 0 Å². The van der Waals surface area contributed by atoms with Crippen LogP contribution in [0.4, 0.5) is 0 Å². The largest absolute Gasteiger partial charge is 0.374 e. The topological polar surface area (TPSA) is 21.3 Å². The zero-order chi connectivity index (χ0) is 13.6. The molecule has 1 heterocycles. The average Bonchev–Trinajstić information content (AvgIpc) is 2.67. The molecule has 0 saturated carbocycles. The van der Waals surface area contributed by atoms with E-state index < -0.39 is 0 Å². The fourth-order valence-corrected chi connectivity index (χ4v) is 3.13. The van der Waals surface area contributed by atoms with Crippen molar-refractivity contribution >= 4 is 27.3 Å². The van der Waals surface area contributed by atoms with Crippen LogP contribution in [0.3, 0.4) is 0 Å². The highest BCUT2D eigenvalue weighted by atomic mass is 79.9. The maximum atomic E-state index is 5.90. The lowest BCUT2D eigenvalue weighted by Crippen LogP contribution is -2.38. The van der Waals surface area contributed by atoms with E-state index in [1.165, 1.54) is 9.35 Å². The minimum absolute atomic E-state index is 0.0673. The molecule has 1 atom stereocenters. The molecule has 0 fully saturated rings. The van der Waals surface area contributed by atoms with Crippen LogP contribution in [0.15, 0.2) is 15.9 Å². The molecule has 0 radical (unpaired) electrons. The summed E-state index contributed by atoms with van der Waals surface area (Å²) in [5.41, 5.74) is -0.0673. The van der Waals surface area contributed by atoms with Crippen LogP contribution in [0, 0.1) is 0 Å². The fourth-order valence-electron chi connectivity index (χ4n) is 1.59.